The molecule has 0 bridgehead atoms. The van der Waals surface area contributed by atoms with E-state index in [2.05, 4.69) is 15.5 Å². The van der Waals surface area contributed by atoms with Gasteiger partial charge in [0.05, 0.1) is 10.8 Å². The first-order valence-electron chi connectivity index (χ1n) is 6.69. The van der Waals surface area contributed by atoms with Crippen LogP contribution in [0.15, 0.2) is 29.4 Å². The molecule has 0 fully saturated rings. The Balaban J connectivity index is 1.99. The Bertz CT molecular complexity index is 697. The van der Waals surface area contributed by atoms with Crippen molar-refractivity contribution < 1.29 is 18.0 Å². The van der Waals surface area contributed by atoms with Crippen LogP contribution in [0.4, 0.5) is 18.9 Å². The molecule has 23 heavy (non-hydrogen) atoms. The van der Waals surface area contributed by atoms with E-state index >= 15 is 0 Å². The van der Waals surface area contributed by atoms with Gasteiger partial charge in [-0.05, 0) is 38.1 Å². The minimum atomic E-state index is -4.39. The third-order valence-electron chi connectivity index (χ3n) is 3.18. The smallest absolute Gasteiger partial charge is 0.325 e. The molecule has 0 unspecified atom stereocenters. The highest BCUT2D eigenvalue weighted by Gasteiger charge is 2.30. The second kappa shape index (κ2) is 6.61. The van der Waals surface area contributed by atoms with E-state index in [-0.39, 0.29) is 5.91 Å². The number of carbonyl (C=O) groups is 1. The Morgan fingerprint density at radius 1 is 1.26 bits per heavy atom. The molecule has 1 aromatic carbocycles. The van der Waals surface area contributed by atoms with Gasteiger partial charge in [-0.1, -0.05) is 11.8 Å². The van der Waals surface area contributed by atoms with Gasteiger partial charge in [0.2, 0.25) is 5.91 Å². The number of nitrogens with zero attached hydrogens (tertiary/aromatic N) is 3. The van der Waals surface area contributed by atoms with Gasteiger partial charge in [-0.3, -0.25) is 4.79 Å². The third kappa shape index (κ3) is 4.25. The maximum absolute atomic E-state index is 12.5. The highest BCUT2D eigenvalue weighted by atomic mass is 32.2. The normalized spacial score (nSPS) is 13.0. The van der Waals surface area contributed by atoms with E-state index in [0.29, 0.717) is 10.8 Å². The van der Waals surface area contributed by atoms with Crippen LogP contribution in [0.1, 0.15) is 18.3 Å². The van der Waals surface area contributed by atoms with Crippen molar-refractivity contribution in [2.24, 2.45) is 7.05 Å². The summed E-state index contributed by atoms with van der Waals surface area (Å²) < 4.78 is 39.2. The molecule has 0 spiro atoms. The Hall–Kier alpha value is -2.03. The minimum absolute atomic E-state index is 0.310. The number of benzene rings is 1. The van der Waals surface area contributed by atoms with Crippen LogP contribution in [0.5, 0.6) is 0 Å². The first-order chi connectivity index (χ1) is 10.7. The third-order valence-corrected chi connectivity index (χ3v) is 4.32. The fraction of sp³-hybridized carbons (Fsp3) is 0.357. The van der Waals surface area contributed by atoms with E-state index < -0.39 is 17.0 Å². The molecular formula is C14H15F3N4OS. The largest absolute Gasteiger partial charge is 0.416 e. The standard InChI is InChI=1S/C14H15F3N4OS/c1-8(23-13-20-19-9(2)21(13)3)12(22)18-11-6-4-10(5-7-11)14(15,16)17/h4-8H,1-3H3,(H,18,22)/t8-/m0/s1. The van der Waals surface area contributed by atoms with E-state index in [1.165, 1.54) is 23.9 Å². The van der Waals surface area contributed by atoms with Crippen molar-refractivity contribution in [2.75, 3.05) is 5.32 Å². The second-order valence-electron chi connectivity index (χ2n) is 4.91. The molecule has 1 amide bonds. The van der Waals surface area contributed by atoms with Gasteiger partial charge < -0.3 is 9.88 Å². The maximum atomic E-state index is 12.5. The molecule has 0 radical (unpaired) electrons. The number of aromatic nitrogens is 3. The van der Waals surface area contributed by atoms with Gasteiger partial charge in [-0.15, -0.1) is 10.2 Å². The van der Waals surface area contributed by atoms with Crippen molar-refractivity contribution in [3.05, 3.63) is 35.7 Å². The highest BCUT2D eigenvalue weighted by molar-refractivity contribution is 8.00. The van der Waals surface area contributed by atoms with Gasteiger partial charge in [0, 0.05) is 12.7 Å². The summed E-state index contributed by atoms with van der Waals surface area (Å²) >= 11 is 1.22. The fourth-order valence-corrected chi connectivity index (χ4v) is 2.55. The summed E-state index contributed by atoms with van der Waals surface area (Å²) in [4.78, 5) is 12.1. The lowest BCUT2D eigenvalue weighted by Crippen LogP contribution is -2.23. The number of hydrogen-bond donors (Lipinski definition) is 1. The van der Waals surface area contributed by atoms with Gasteiger partial charge in [0.1, 0.15) is 5.82 Å². The highest BCUT2D eigenvalue weighted by Crippen LogP contribution is 2.30. The molecule has 5 nitrogen and oxygen atoms in total. The predicted molar refractivity (Wildman–Crippen MR) is 81.1 cm³/mol. The van der Waals surface area contributed by atoms with E-state index in [1.807, 2.05) is 0 Å². The fourth-order valence-electron chi connectivity index (χ4n) is 1.69. The lowest BCUT2D eigenvalue weighted by molar-refractivity contribution is -0.137. The lowest BCUT2D eigenvalue weighted by Gasteiger charge is -2.12. The second-order valence-corrected chi connectivity index (χ2v) is 6.22. The van der Waals surface area contributed by atoms with E-state index in [9.17, 15) is 18.0 Å². The van der Waals surface area contributed by atoms with Crippen LogP contribution in [-0.4, -0.2) is 25.9 Å². The molecule has 0 saturated carbocycles. The summed E-state index contributed by atoms with van der Waals surface area (Å²) in [5, 5.41) is 10.6. The molecular weight excluding hydrogens is 329 g/mol. The Morgan fingerprint density at radius 2 is 1.87 bits per heavy atom. The average Bonchev–Trinajstić information content (AvgIpc) is 2.79. The van der Waals surface area contributed by atoms with Crippen molar-refractivity contribution in [3.8, 4) is 0 Å². The average molecular weight is 344 g/mol. The molecule has 0 aliphatic heterocycles. The van der Waals surface area contributed by atoms with Gasteiger partial charge in [-0.2, -0.15) is 13.2 Å². The molecule has 124 valence electrons. The van der Waals surface area contributed by atoms with Crippen molar-refractivity contribution in [1.82, 2.24) is 14.8 Å². The first kappa shape index (κ1) is 17.3. The monoisotopic (exact) mass is 344 g/mol. The summed E-state index contributed by atoms with van der Waals surface area (Å²) in [6.45, 7) is 3.48. The molecule has 1 heterocycles. The molecule has 1 aromatic heterocycles. The molecule has 0 saturated heterocycles. The Morgan fingerprint density at radius 3 is 2.35 bits per heavy atom. The lowest BCUT2D eigenvalue weighted by atomic mass is 10.2. The summed E-state index contributed by atoms with van der Waals surface area (Å²) in [5.74, 6) is 0.401. The van der Waals surface area contributed by atoms with Crippen molar-refractivity contribution >= 4 is 23.4 Å². The van der Waals surface area contributed by atoms with Crippen molar-refractivity contribution in [1.29, 1.82) is 0 Å². The summed E-state index contributed by atoms with van der Waals surface area (Å²) in [6, 6.07) is 4.31. The molecule has 1 N–H and O–H groups in total. The Labute approximate surface area is 135 Å². The van der Waals surface area contributed by atoms with Crippen molar-refractivity contribution in [2.45, 2.75) is 30.4 Å². The predicted octanol–water partition coefficient (Wildman–Crippen LogP) is 3.26. The molecule has 2 aromatic rings. The van der Waals surface area contributed by atoms with Gasteiger partial charge in [0.25, 0.3) is 0 Å². The molecule has 1 atom stereocenters. The number of hydrogen-bond acceptors (Lipinski definition) is 4. The zero-order valence-corrected chi connectivity index (χ0v) is 13.5. The number of halogens is 3. The van der Waals surface area contributed by atoms with E-state index in [0.717, 1.165) is 18.0 Å². The minimum Gasteiger partial charge on any atom is -0.325 e. The zero-order valence-electron chi connectivity index (χ0n) is 12.7. The maximum Gasteiger partial charge on any atom is 0.416 e. The van der Waals surface area contributed by atoms with Crippen LogP contribution in [0.2, 0.25) is 0 Å². The van der Waals surface area contributed by atoms with Gasteiger partial charge in [-0.25, -0.2) is 0 Å². The van der Waals surface area contributed by atoms with E-state index in [1.54, 1.807) is 25.5 Å². The number of amides is 1. The number of nitrogens with one attached hydrogen (secondary N) is 1. The van der Waals surface area contributed by atoms with Gasteiger partial charge >= 0.3 is 6.18 Å². The number of carbonyl (C=O) groups excluding carboxylic acids is 1. The molecule has 2 rings (SSSR count). The molecule has 0 aliphatic rings. The van der Waals surface area contributed by atoms with Crippen LogP contribution in [0, 0.1) is 6.92 Å². The van der Waals surface area contributed by atoms with Crippen LogP contribution < -0.4 is 5.32 Å². The topological polar surface area (TPSA) is 59.8 Å². The van der Waals surface area contributed by atoms with E-state index in [4.69, 9.17) is 0 Å². The first-order valence-corrected chi connectivity index (χ1v) is 7.57. The van der Waals surface area contributed by atoms with Crippen molar-refractivity contribution in [3.63, 3.8) is 0 Å². The number of alkyl halides is 3. The quantitative estimate of drug-likeness (QED) is 0.865. The number of aryl methyl sites for hydroxylation is 1. The summed E-state index contributed by atoms with van der Waals surface area (Å²) in [7, 11) is 1.79. The van der Waals surface area contributed by atoms with Crippen LogP contribution in [0.3, 0.4) is 0 Å². The molecule has 9 heteroatoms. The summed E-state index contributed by atoms with van der Waals surface area (Å²) in [5.41, 5.74) is -0.447. The SMILES string of the molecule is Cc1nnc(S[C@@H](C)C(=O)Nc2ccc(C(F)(F)F)cc2)n1C. The van der Waals surface area contributed by atoms with Crippen LogP contribution in [-0.2, 0) is 18.0 Å². The van der Waals surface area contributed by atoms with Crippen LogP contribution >= 0.6 is 11.8 Å². The number of thioether (sulfide) groups is 1. The number of anilines is 1. The molecule has 0 aliphatic carbocycles. The zero-order chi connectivity index (χ0) is 17.2. The number of rotatable bonds is 4. The van der Waals surface area contributed by atoms with Crippen LogP contribution in [0.25, 0.3) is 0 Å². The Kier molecular flexibility index (Phi) is 4.98. The van der Waals surface area contributed by atoms with Gasteiger partial charge in [0.15, 0.2) is 5.16 Å². The summed E-state index contributed by atoms with van der Waals surface area (Å²) in [6.07, 6.45) is -4.39.